The molecule has 1 aliphatic rings. The lowest BCUT2D eigenvalue weighted by Crippen LogP contribution is -2.30. The van der Waals surface area contributed by atoms with E-state index in [2.05, 4.69) is 21.4 Å². The van der Waals surface area contributed by atoms with Crippen LogP contribution in [-0.4, -0.2) is 28.8 Å². The smallest absolute Gasteiger partial charge is 0.248 e. The summed E-state index contributed by atoms with van der Waals surface area (Å²) in [5.41, 5.74) is 4.96. The van der Waals surface area contributed by atoms with E-state index in [4.69, 9.17) is 0 Å². The van der Waals surface area contributed by atoms with Crippen molar-refractivity contribution in [3.05, 3.63) is 47.3 Å². The number of carbonyl (C=O) groups is 1. The van der Waals surface area contributed by atoms with Gasteiger partial charge in [-0.05, 0) is 51.3 Å². The van der Waals surface area contributed by atoms with Crippen molar-refractivity contribution in [1.29, 1.82) is 0 Å². The molecule has 0 aliphatic carbocycles. The van der Waals surface area contributed by atoms with Gasteiger partial charge in [-0.25, -0.2) is 0 Å². The summed E-state index contributed by atoms with van der Waals surface area (Å²) in [6, 6.07) is 8.04. The quantitative estimate of drug-likeness (QED) is 0.865. The Balaban J connectivity index is 1.74. The van der Waals surface area contributed by atoms with E-state index in [1.807, 2.05) is 49.9 Å². The zero-order chi connectivity index (χ0) is 17.8. The standard InChI is InChI=1S/C20H26N4O/c1-15-17(16(2)23(3)22-15)11-12-20(25)21-18-9-5-6-10-19(18)24-13-7-4-8-14-24/h5-6,9-12H,4,7-8,13-14H2,1-3H3,(H,21,25)/b12-11+. The molecule has 25 heavy (non-hydrogen) atoms. The van der Waals surface area contributed by atoms with Crippen molar-refractivity contribution in [3.8, 4) is 0 Å². The topological polar surface area (TPSA) is 50.2 Å². The number of hydrogen-bond acceptors (Lipinski definition) is 3. The van der Waals surface area contributed by atoms with Crippen molar-refractivity contribution in [2.75, 3.05) is 23.3 Å². The van der Waals surface area contributed by atoms with Crippen LogP contribution in [0.5, 0.6) is 0 Å². The third kappa shape index (κ3) is 3.92. The van der Waals surface area contributed by atoms with Crippen LogP contribution in [0, 0.1) is 13.8 Å². The molecule has 1 aromatic heterocycles. The molecule has 0 atom stereocenters. The van der Waals surface area contributed by atoms with E-state index in [0.717, 1.165) is 41.4 Å². The lowest BCUT2D eigenvalue weighted by Gasteiger charge is -2.30. The van der Waals surface area contributed by atoms with Crippen molar-refractivity contribution < 1.29 is 4.79 Å². The van der Waals surface area contributed by atoms with Crippen LogP contribution in [0.15, 0.2) is 30.3 Å². The number of rotatable bonds is 4. The Kier molecular flexibility index (Phi) is 5.22. The Labute approximate surface area is 149 Å². The van der Waals surface area contributed by atoms with Gasteiger partial charge < -0.3 is 10.2 Å². The average molecular weight is 338 g/mol. The Hall–Kier alpha value is -2.56. The molecule has 0 unspecified atom stereocenters. The highest BCUT2D eigenvalue weighted by Gasteiger charge is 2.15. The van der Waals surface area contributed by atoms with Crippen LogP contribution in [0.25, 0.3) is 6.08 Å². The number of piperidine rings is 1. The lowest BCUT2D eigenvalue weighted by molar-refractivity contribution is -0.111. The molecule has 0 spiro atoms. The number of anilines is 2. The molecule has 1 N–H and O–H groups in total. The lowest BCUT2D eigenvalue weighted by atomic mass is 10.1. The van der Waals surface area contributed by atoms with Gasteiger partial charge in [-0.1, -0.05) is 12.1 Å². The fourth-order valence-corrected chi connectivity index (χ4v) is 3.35. The summed E-state index contributed by atoms with van der Waals surface area (Å²) in [6.07, 6.45) is 7.14. The molecule has 1 fully saturated rings. The SMILES string of the molecule is Cc1nn(C)c(C)c1/C=C/C(=O)Nc1ccccc1N1CCCCC1. The molecule has 1 saturated heterocycles. The van der Waals surface area contributed by atoms with Crippen LogP contribution in [0.4, 0.5) is 11.4 Å². The van der Waals surface area contributed by atoms with E-state index in [1.165, 1.54) is 19.3 Å². The fourth-order valence-electron chi connectivity index (χ4n) is 3.35. The summed E-state index contributed by atoms with van der Waals surface area (Å²) in [6.45, 7) is 6.06. The summed E-state index contributed by atoms with van der Waals surface area (Å²) in [5.74, 6) is -0.118. The van der Waals surface area contributed by atoms with Gasteiger partial charge in [0, 0.05) is 37.5 Å². The number of benzene rings is 1. The van der Waals surface area contributed by atoms with E-state index >= 15 is 0 Å². The van der Waals surface area contributed by atoms with Gasteiger partial charge in [-0.3, -0.25) is 9.48 Å². The number of para-hydroxylation sites is 2. The minimum atomic E-state index is -0.118. The maximum atomic E-state index is 12.4. The van der Waals surface area contributed by atoms with Crippen LogP contribution >= 0.6 is 0 Å². The van der Waals surface area contributed by atoms with Gasteiger partial charge in [0.05, 0.1) is 17.1 Å². The Morgan fingerprint density at radius 1 is 1.16 bits per heavy atom. The molecule has 1 aromatic carbocycles. The highest BCUT2D eigenvalue weighted by molar-refractivity contribution is 6.03. The summed E-state index contributed by atoms with van der Waals surface area (Å²) in [7, 11) is 1.91. The van der Waals surface area contributed by atoms with E-state index < -0.39 is 0 Å². The fraction of sp³-hybridized carbons (Fsp3) is 0.400. The Morgan fingerprint density at radius 2 is 1.88 bits per heavy atom. The molecule has 0 radical (unpaired) electrons. The predicted molar refractivity (Wildman–Crippen MR) is 103 cm³/mol. The van der Waals surface area contributed by atoms with Gasteiger partial charge in [-0.2, -0.15) is 5.10 Å². The van der Waals surface area contributed by atoms with Crippen LogP contribution in [0.2, 0.25) is 0 Å². The second-order valence-corrected chi connectivity index (χ2v) is 6.60. The first-order valence-corrected chi connectivity index (χ1v) is 8.89. The van der Waals surface area contributed by atoms with Gasteiger partial charge in [0.1, 0.15) is 0 Å². The van der Waals surface area contributed by atoms with Gasteiger partial charge in [-0.15, -0.1) is 0 Å². The third-order valence-corrected chi connectivity index (χ3v) is 4.83. The number of hydrogen-bond donors (Lipinski definition) is 1. The number of amides is 1. The molecule has 1 amide bonds. The van der Waals surface area contributed by atoms with Gasteiger partial charge in [0.15, 0.2) is 0 Å². The third-order valence-electron chi connectivity index (χ3n) is 4.83. The zero-order valence-corrected chi connectivity index (χ0v) is 15.2. The molecule has 132 valence electrons. The highest BCUT2D eigenvalue weighted by atomic mass is 16.1. The molecular weight excluding hydrogens is 312 g/mol. The normalized spacial score (nSPS) is 14.9. The molecule has 5 heteroatoms. The van der Waals surface area contributed by atoms with E-state index in [0.29, 0.717) is 0 Å². The number of aromatic nitrogens is 2. The molecule has 2 heterocycles. The average Bonchev–Trinajstić information content (AvgIpc) is 2.86. The monoisotopic (exact) mass is 338 g/mol. The van der Waals surface area contributed by atoms with Crippen LogP contribution in [0.3, 0.4) is 0 Å². The van der Waals surface area contributed by atoms with Crippen molar-refractivity contribution in [2.24, 2.45) is 7.05 Å². The number of aryl methyl sites for hydroxylation is 2. The predicted octanol–water partition coefficient (Wildman–Crippen LogP) is 3.68. The van der Waals surface area contributed by atoms with Crippen LogP contribution < -0.4 is 10.2 Å². The summed E-state index contributed by atoms with van der Waals surface area (Å²) in [5, 5.41) is 7.40. The highest BCUT2D eigenvalue weighted by Crippen LogP contribution is 2.28. The van der Waals surface area contributed by atoms with E-state index in [-0.39, 0.29) is 5.91 Å². The zero-order valence-electron chi connectivity index (χ0n) is 15.2. The van der Waals surface area contributed by atoms with Gasteiger partial charge >= 0.3 is 0 Å². The first kappa shape index (κ1) is 17.3. The second kappa shape index (κ2) is 7.55. The minimum absolute atomic E-state index is 0.118. The minimum Gasteiger partial charge on any atom is -0.370 e. The van der Waals surface area contributed by atoms with Crippen molar-refractivity contribution >= 4 is 23.4 Å². The summed E-state index contributed by atoms with van der Waals surface area (Å²) in [4.78, 5) is 14.8. The van der Waals surface area contributed by atoms with Crippen molar-refractivity contribution in [2.45, 2.75) is 33.1 Å². The maximum Gasteiger partial charge on any atom is 0.248 e. The van der Waals surface area contributed by atoms with E-state index in [9.17, 15) is 4.79 Å². The first-order valence-electron chi connectivity index (χ1n) is 8.89. The molecule has 0 bridgehead atoms. The van der Waals surface area contributed by atoms with Gasteiger partial charge in [0.2, 0.25) is 5.91 Å². The second-order valence-electron chi connectivity index (χ2n) is 6.60. The van der Waals surface area contributed by atoms with Crippen LogP contribution in [-0.2, 0) is 11.8 Å². The van der Waals surface area contributed by atoms with Crippen molar-refractivity contribution in [3.63, 3.8) is 0 Å². The largest absolute Gasteiger partial charge is 0.370 e. The summed E-state index contributed by atoms with van der Waals surface area (Å²) >= 11 is 0. The first-order chi connectivity index (χ1) is 12.1. The molecule has 5 nitrogen and oxygen atoms in total. The summed E-state index contributed by atoms with van der Waals surface area (Å²) < 4.78 is 1.83. The molecular formula is C20H26N4O. The Bertz CT molecular complexity index is 785. The molecule has 2 aromatic rings. The Morgan fingerprint density at radius 3 is 2.56 bits per heavy atom. The molecule has 1 aliphatic heterocycles. The van der Waals surface area contributed by atoms with E-state index in [1.54, 1.807) is 6.08 Å². The van der Waals surface area contributed by atoms with Crippen molar-refractivity contribution in [1.82, 2.24) is 9.78 Å². The van der Waals surface area contributed by atoms with Crippen LogP contribution in [0.1, 0.15) is 36.2 Å². The number of nitrogens with one attached hydrogen (secondary N) is 1. The molecule has 3 rings (SSSR count). The number of nitrogens with zero attached hydrogens (tertiary/aromatic N) is 3. The van der Waals surface area contributed by atoms with Gasteiger partial charge in [0.25, 0.3) is 0 Å². The maximum absolute atomic E-state index is 12.4. The molecule has 0 saturated carbocycles. The number of carbonyl (C=O) groups excluding carboxylic acids is 1.